The number of anilines is 1. The van der Waals surface area contributed by atoms with Crippen LogP contribution < -0.4 is 20.3 Å². The summed E-state index contributed by atoms with van der Waals surface area (Å²) in [6.45, 7) is 2.03. The first-order valence-corrected chi connectivity index (χ1v) is 11.2. The van der Waals surface area contributed by atoms with Crippen molar-refractivity contribution in [1.29, 1.82) is 0 Å². The van der Waals surface area contributed by atoms with Gasteiger partial charge >= 0.3 is 0 Å². The van der Waals surface area contributed by atoms with E-state index >= 15 is 0 Å². The Morgan fingerprint density at radius 1 is 1.19 bits per heavy atom. The molecule has 2 bridgehead atoms. The Bertz CT molecular complexity index is 787. The number of hydrogen-bond donors (Lipinski definition) is 2. The number of likely N-dealkylation sites (N-methyl/N-ethyl adjacent to an activating group) is 1. The summed E-state index contributed by atoms with van der Waals surface area (Å²) in [4.78, 5) is 20.7. The van der Waals surface area contributed by atoms with Gasteiger partial charge in [-0.1, -0.05) is 18.6 Å². The van der Waals surface area contributed by atoms with Crippen molar-refractivity contribution in [3.63, 3.8) is 0 Å². The number of ether oxygens (including phenoxy) is 1. The molecule has 0 aromatic heterocycles. The van der Waals surface area contributed by atoms with Crippen LogP contribution in [-0.4, -0.2) is 69.7 Å². The van der Waals surface area contributed by atoms with Crippen molar-refractivity contribution in [3.05, 3.63) is 24.3 Å². The second-order valence-electron chi connectivity index (χ2n) is 9.13. The molecule has 1 amide bonds. The minimum Gasteiger partial charge on any atom is -0.495 e. The number of aliphatic imine (C=N–C) groups is 1. The molecule has 1 heterocycles. The monoisotopic (exact) mass is 541 g/mol. The molecule has 2 saturated carbocycles. The number of nitrogens with zero attached hydrogens (tertiary/aromatic N) is 3. The summed E-state index contributed by atoms with van der Waals surface area (Å²) in [5.74, 6) is 3.33. The summed E-state index contributed by atoms with van der Waals surface area (Å²) in [6.07, 6.45) is 6.28. The van der Waals surface area contributed by atoms with Gasteiger partial charge in [-0.2, -0.15) is 0 Å². The zero-order valence-electron chi connectivity index (χ0n) is 18.8. The van der Waals surface area contributed by atoms with Crippen LogP contribution in [0.25, 0.3) is 0 Å². The Morgan fingerprint density at radius 3 is 2.68 bits per heavy atom. The summed E-state index contributed by atoms with van der Waals surface area (Å²) < 4.78 is 5.54. The number of carbonyl (C=O) groups excluding carboxylic acids is 1. The maximum atomic E-state index is 12.1. The van der Waals surface area contributed by atoms with Crippen molar-refractivity contribution in [2.45, 2.75) is 44.2 Å². The first-order valence-electron chi connectivity index (χ1n) is 11.2. The number of halogens is 1. The average Bonchev–Trinajstić information content (AvgIpc) is 3.49. The molecule has 172 valence electrons. The Hall–Kier alpha value is -1.71. The van der Waals surface area contributed by atoms with Crippen molar-refractivity contribution in [3.8, 4) is 5.75 Å². The Kier molecular flexibility index (Phi) is 8.30. The zero-order chi connectivity index (χ0) is 21.1. The molecule has 1 aromatic rings. The molecular formula is C23H36IN5O2. The summed E-state index contributed by atoms with van der Waals surface area (Å²) in [6, 6.07) is 8.94. The number of carbonyl (C=O) groups is 1. The quantitative estimate of drug-likeness (QED) is 0.330. The number of fused-ring (bicyclic) bond motifs is 2. The lowest BCUT2D eigenvalue weighted by molar-refractivity contribution is -0.127. The predicted molar refractivity (Wildman–Crippen MR) is 136 cm³/mol. The number of nitrogens with one attached hydrogen (secondary N) is 2. The molecule has 2 N–H and O–H groups in total. The van der Waals surface area contributed by atoms with Gasteiger partial charge in [-0.15, -0.1) is 24.0 Å². The van der Waals surface area contributed by atoms with Gasteiger partial charge in [-0.3, -0.25) is 4.79 Å². The first-order chi connectivity index (χ1) is 14.5. The van der Waals surface area contributed by atoms with Gasteiger partial charge in [0.2, 0.25) is 5.91 Å². The van der Waals surface area contributed by atoms with E-state index in [4.69, 9.17) is 4.74 Å². The van der Waals surface area contributed by atoms with Crippen LogP contribution in [0.4, 0.5) is 5.69 Å². The normalized spacial score (nSPS) is 27.1. The second-order valence-corrected chi connectivity index (χ2v) is 9.13. The Labute approximate surface area is 203 Å². The number of amides is 1. The van der Waals surface area contributed by atoms with E-state index in [9.17, 15) is 4.79 Å². The molecule has 31 heavy (non-hydrogen) atoms. The molecule has 4 atom stereocenters. The van der Waals surface area contributed by atoms with Crippen LogP contribution in [-0.2, 0) is 4.79 Å². The van der Waals surface area contributed by atoms with Gasteiger partial charge in [-0.25, -0.2) is 4.99 Å². The number of hydrogen-bond acceptors (Lipinski definition) is 4. The van der Waals surface area contributed by atoms with Crippen molar-refractivity contribution < 1.29 is 9.53 Å². The van der Waals surface area contributed by atoms with Gasteiger partial charge in [0.1, 0.15) is 12.3 Å². The molecule has 1 aromatic carbocycles. The fourth-order valence-electron chi connectivity index (χ4n) is 5.20. The van der Waals surface area contributed by atoms with Crippen LogP contribution in [0.5, 0.6) is 5.75 Å². The van der Waals surface area contributed by atoms with E-state index in [1.165, 1.54) is 25.7 Å². The zero-order valence-corrected chi connectivity index (χ0v) is 21.2. The minimum atomic E-state index is 0. The lowest BCUT2D eigenvalue weighted by Crippen LogP contribution is -2.50. The molecule has 1 aliphatic heterocycles. The smallest absolute Gasteiger partial charge is 0.243 e. The molecule has 8 heteroatoms. The highest BCUT2D eigenvalue weighted by atomic mass is 127. The Balaban J connectivity index is 0.00000272. The van der Waals surface area contributed by atoms with E-state index < -0.39 is 0 Å². The highest BCUT2D eigenvalue weighted by Crippen LogP contribution is 2.44. The van der Waals surface area contributed by atoms with Gasteiger partial charge in [-0.05, 0) is 49.7 Å². The van der Waals surface area contributed by atoms with Crippen LogP contribution in [0.2, 0.25) is 0 Å². The van der Waals surface area contributed by atoms with E-state index in [1.807, 2.05) is 12.1 Å². The predicted octanol–water partition coefficient (Wildman–Crippen LogP) is 2.70. The summed E-state index contributed by atoms with van der Waals surface area (Å²) in [5, 5.41) is 7.29. The maximum Gasteiger partial charge on any atom is 0.243 e. The van der Waals surface area contributed by atoms with Gasteiger partial charge in [0, 0.05) is 39.3 Å². The summed E-state index contributed by atoms with van der Waals surface area (Å²) in [7, 11) is 5.27. The standard InChI is InChI=1S/C23H35N5O2.HI/c1-27(2)22(29)14-24-23(26-19-13-16-8-9-17(19)12-16)25-18-10-11-28(15-18)20-6-4-5-7-21(20)30-3;/h4-7,16-19H,8-15H2,1-3H3,(H2,24,25,26);1H. The molecule has 2 aliphatic carbocycles. The number of para-hydroxylation sites is 2. The van der Waals surface area contributed by atoms with E-state index in [-0.39, 0.29) is 42.5 Å². The number of methoxy groups -OCH3 is 1. The van der Waals surface area contributed by atoms with Gasteiger partial charge in [0.05, 0.1) is 12.8 Å². The average molecular weight is 541 g/mol. The summed E-state index contributed by atoms with van der Waals surface area (Å²) in [5.41, 5.74) is 1.13. The van der Waals surface area contributed by atoms with E-state index in [2.05, 4.69) is 32.7 Å². The topological polar surface area (TPSA) is 69.2 Å². The molecular weight excluding hydrogens is 505 g/mol. The first kappa shape index (κ1) is 23.9. The molecule has 0 radical (unpaired) electrons. The number of rotatable bonds is 6. The molecule has 3 aliphatic rings. The van der Waals surface area contributed by atoms with E-state index in [1.54, 1.807) is 26.1 Å². The molecule has 4 unspecified atom stereocenters. The fourth-order valence-corrected chi connectivity index (χ4v) is 5.20. The van der Waals surface area contributed by atoms with E-state index in [0.717, 1.165) is 48.7 Å². The lowest BCUT2D eigenvalue weighted by Gasteiger charge is -2.27. The number of guanidine groups is 1. The van der Waals surface area contributed by atoms with Crippen LogP contribution in [0, 0.1) is 11.8 Å². The third-order valence-electron chi connectivity index (χ3n) is 6.89. The van der Waals surface area contributed by atoms with Crippen LogP contribution in [0.1, 0.15) is 32.1 Å². The molecule has 1 saturated heterocycles. The van der Waals surface area contributed by atoms with Crippen LogP contribution in [0.15, 0.2) is 29.3 Å². The fraction of sp³-hybridized carbons (Fsp3) is 0.652. The van der Waals surface area contributed by atoms with Gasteiger partial charge < -0.3 is 25.2 Å². The maximum absolute atomic E-state index is 12.1. The van der Waals surface area contributed by atoms with Crippen LogP contribution in [0.3, 0.4) is 0 Å². The second kappa shape index (κ2) is 10.7. The molecule has 3 fully saturated rings. The van der Waals surface area contributed by atoms with E-state index in [0.29, 0.717) is 6.04 Å². The third-order valence-corrected chi connectivity index (χ3v) is 6.89. The van der Waals surface area contributed by atoms with Crippen molar-refractivity contribution in [1.82, 2.24) is 15.5 Å². The van der Waals surface area contributed by atoms with Gasteiger partial charge in [0.25, 0.3) is 0 Å². The highest BCUT2D eigenvalue weighted by Gasteiger charge is 2.40. The third kappa shape index (κ3) is 5.75. The SMILES string of the molecule is COc1ccccc1N1CCC(NC(=NCC(=O)N(C)C)NC2CC3CCC2C3)C1.I. The highest BCUT2D eigenvalue weighted by molar-refractivity contribution is 14.0. The van der Waals surface area contributed by atoms with Crippen molar-refractivity contribution in [2.75, 3.05) is 45.7 Å². The van der Waals surface area contributed by atoms with Crippen molar-refractivity contribution in [2.24, 2.45) is 16.8 Å². The molecule has 4 rings (SSSR count). The lowest BCUT2D eigenvalue weighted by atomic mass is 9.95. The van der Waals surface area contributed by atoms with Crippen molar-refractivity contribution >= 4 is 41.5 Å². The van der Waals surface area contributed by atoms with Crippen LogP contribution >= 0.6 is 24.0 Å². The molecule has 0 spiro atoms. The minimum absolute atomic E-state index is 0. The Morgan fingerprint density at radius 2 is 2.00 bits per heavy atom. The number of benzene rings is 1. The summed E-state index contributed by atoms with van der Waals surface area (Å²) >= 11 is 0. The van der Waals surface area contributed by atoms with Gasteiger partial charge in [0.15, 0.2) is 5.96 Å². The molecule has 7 nitrogen and oxygen atoms in total. The largest absolute Gasteiger partial charge is 0.495 e.